The summed E-state index contributed by atoms with van der Waals surface area (Å²) in [5, 5.41) is 2.43. The van der Waals surface area contributed by atoms with E-state index in [9.17, 15) is 22.8 Å². The van der Waals surface area contributed by atoms with E-state index in [1.54, 1.807) is 0 Å². The van der Waals surface area contributed by atoms with E-state index in [-0.39, 0.29) is 12.2 Å². The highest BCUT2D eigenvalue weighted by Gasteiger charge is 2.31. The van der Waals surface area contributed by atoms with Crippen LogP contribution in [0.5, 0.6) is 5.75 Å². The van der Waals surface area contributed by atoms with Crippen LogP contribution in [0, 0.1) is 0 Å². The quantitative estimate of drug-likeness (QED) is 0.865. The van der Waals surface area contributed by atoms with Crippen LogP contribution < -0.4 is 15.8 Å². The number of carbonyl (C=O) groups excluding carboxylic acids is 2. The lowest BCUT2D eigenvalue weighted by molar-refractivity contribution is -0.274. The van der Waals surface area contributed by atoms with E-state index in [0.29, 0.717) is 5.56 Å². The fourth-order valence-electron chi connectivity index (χ4n) is 1.45. The van der Waals surface area contributed by atoms with E-state index in [4.69, 9.17) is 5.73 Å². The highest BCUT2D eigenvalue weighted by Crippen LogP contribution is 2.22. The predicted octanol–water partition coefficient (Wildman–Crippen LogP) is 1.51. The minimum absolute atomic E-state index is 0.0942. The van der Waals surface area contributed by atoms with E-state index < -0.39 is 23.7 Å². The predicted molar refractivity (Wildman–Crippen MR) is 68.2 cm³/mol. The Morgan fingerprint density at radius 3 is 2.14 bits per heavy atom. The first-order valence-corrected chi connectivity index (χ1v) is 5.95. The molecule has 0 aliphatic rings. The Morgan fingerprint density at radius 1 is 1.19 bits per heavy atom. The number of hydrogen-bond acceptors (Lipinski definition) is 3. The zero-order chi connectivity index (χ0) is 16.3. The van der Waals surface area contributed by atoms with Crippen LogP contribution in [0.3, 0.4) is 0 Å². The number of carbonyl (C=O) groups is 2. The van der Waals surface area contributed by atoms with Gasteiger partial charge in [-0.2, -0.15) is 0 Å². The van der Waals surface area contributed by atoms with Gasteiger partial charge in [0.15, 0.2) is 0 Å². The Balaban J connectivity index is 2.64. The lowest BCUT2D eigenvalue weighted by atomic mass is 10.0. The third kappa shape index (κ3) is 5.72. The molecule has 0 aliphatic heterocycles. The summed E-state index contributed by atoms with van der Waals surface area (Å²) in [6.45, 7) is 2.90. The van der Waals surface area contributed by atoms with Crippen molar-refractivity contribution in [1.29, 1.82) is 0 Å². The number of halogens is 3. The van der Waals surface area contributed by atoms with Crippen molar-refractivity contribution in [2.24, 2.45) is 5.73 Å². The van der Waals surface area contributed by atoms with Gasteiger partial charge in [-0.1, -0.05) is 12.1 Å². The molecule has 3 N–H and O–H groups in total. The van der Waals surface area contributed by atoms with Crippen LogP contribution in [0.25, 0.3) is 0 Å². The molecule has 1 aromatic carbocycles. The maximum Gasteiger partial charge on any atom is 0.573 e. The Morgan fingerprint density at radius 2 is 1.71 bits per heavy atom. The number of nitrogens with two attached hydrogens (primary N) is 1. The molecule has 0 fully saturated rings. The zero-order valence-corrected chi connectivity index (χ0v) is 11.5. The van der Waals surface area contributed by atoms with Gasteiger partial charge < -0.3 is 15.8 Å². The summed E-state index contributed by atoms with van der Waals surface area (Å²) in [6.07, 6.45) is -4.85. The van der Waals surface area contributed by atoms with Crippen LogP contribution in [-0.2, 0) is 16.0 Å². The van der Waals surface area contributed by atoms with Crippen molar-refractivity contribution in [3.05, 3.63) is 29.8 Å². The average Bonchev–Trinajstić information content (AvgIpc) is 2.28. The van der Waals surface area contributed by atoms with Gasteiger partial charge in [0.1, 0.15) is 11.3 Å². The summed E-state index contributed by atoms with van der Waals surface area (Å²) < 4.78 is 39.7. The summed E-state index contributed by atoms with van der Waals surface area (Å²) in [5.41, 5.74) is 4.39. The van der Waals surface area contributed by atoms with Crippen molar-refractivity contribution < 1.29 is 27.5 Å². The normalized spacial score (nSPS) is 11.9. The van der Waals surface area contributed by atoms with Crippen LogP contribution in [0.4, 0.5) is 13.2 Å². The zero-order valence-electron chi connectivity index (χ0n) is 11.5. The number of benzene rings is 1. The van der Waals surface area contributed by atoms with Gasteiger partial charge in [-0.3, -0.25) is 9.59 Å². The fraction of sp³-hybridized carbons (Fsp3) is 0.385. The number of nitrogens with one attached hydrogen (secondary N) is 1. The average molecular weight is 304 g/mol. The van der Waals surface area contributed by atoms with Gasteiger partial charge in [-0.25, -0.2) is 0 Å². The minimum Gasteiger partial charge on any atom is -0.406 e. The van der Waals surface area contributed by atoms with Gasteiger partial charge in [0.25, 0.3) is 0 Å². The highest BCUT2D eigenvalue weighted by atomic mass is 19.4. The number of rotatable bonds is 5. The van der Waals surface area contributed by atoms with E-state index >= 15 is 0 Å². The lowest BCUT2D eigenvalue weighted by Crippen LogP contribution is -2.53. The van der Waals surface area contributed by atoms with Crippen LogP contribution in [0.2, 0.25) is 0 Å². The van der Waals surface area contributed by atoms with Crippen molar-refractivity contribution >= 4 is 11.8 Å². The van der Waals surface area contributed by atoms with Crippen molar-refractivity contribution in [1.82, 2.24) is 5.32 Å². The first kappa shape index (κ1) is 16.8. The van der Waals surface area contributed by atoms with Crippen LogP contribution in [0.15, 0.2) is 24.3 Å². The summed E-state index contributed by atoms with van der Waals surface area (Å²) in [6, 6.07) is 4.88. The van der Waals surface area contributed by atoms with Crippen LogP contribution in [-0.4, -0.2) is 23.7 Å². The summed E-state index contributed by atoms with van der Waals surface area (Å²) in [4.78, 5) is 22.8. The summed E-state index contributed by atoms with van der Waals surface area (Å²) >= 11 is 0. The van der Waals surface area contributed by atoms with E-state index in [2.05, 4.69) is 10.1 Å². The second kappa shape index (κ2) is 6.02. The van der Waals surface area contributed by atoms with Gasteiger partial charge >= 0.3 is 6.36 Å². The van der Waals surface area contributed by atoms with Crippen LogP contribution in [0.1, 0.15) is 19.4 Å². The maximum atomic E-state index is 12.0. The first-order chi connectivity index (χ1) is 9.49. The SMILES string of the molecule is CC(C)(NC(=O)Cc1ccc(OC(F)(F)F)cc1)C(N)=O. The van der Waals surface area contributed by atoms with Gasteiger partial charge in [-0.15, -0.1) is 13.2 Å². The Labute approximate surface area is 119 Å². The molecule has 0 unspecified atom stereocenters. The molecule has 2 amide bonds. The summed E-state index contributed by atoms with van der Waals surface area (Å²) in [5.74, 6) is -1.53. The molecule has 0 saturated carbocycles. The number of alkyl halides is 3. The second-order valence-electron chi connectivity index (χ2n) is 4.91. The Bertz CT molecular complexity index is 524. The topological polar surface area (TPSA) is 81.4 Å². The molecular formula is C13H15F3N2O3. The molecular weight excluding hydrogens is 289 g/mol. The maximum absolute atomic E-state index is 12.0. The number of ether oxygens (including phenoxy) is 1. The van der Waals surface area contributed by atoms with E-state index in [1.165, 1.54) is 26.0 Å². The number of amides is 2. The number of primary amides is 1. The van der Waals surface area contributed by atoms with E-state index in [1.807, 2.05) is 0 Å². The molecule has 0 bridgehead atoms. The Kier molecular flexibility index (Phi) is 4.82. The molecule has 0 spiro atoms. The number of hydrogen-bond donors (Lipinski definition) is 2. The molecule has 8 heteroatoms. The molecule has 0 aliphatic carbocycles. The van der Waals surface area contributed by atoms with Crippen LogP contribution >= 0.6 is 0 Å². The molecule has 1 aromatic rings. The molecule has 0 atom stereocenters. The van der Waals surface area contributed by atoms with Crippen molar-refractivity contribution in [3.8, 4) is 5.75 Å². The van der Waals surface area contributed by atoms with Gasteiger partial charge in [0, 0.05) is 0 Å². The van der Waals surface area contributed by atoms with Gasteiger partial charge in [0.05, 0.1) is 6.42 Å². The highest BCUT2D eigenvalue weighted by molar-refractivity contribution is 5.90. The Hall–Kier alpha value is -2.25. The van der Waals surface area contributed by atoms with Crippen molar-refractivity contribution in [2.45, 2.75) is 32.2 Å². The monoisotopic (exact) mass is 304 g/mol. The van der Waals surface area contributed by atoms with Crippen molar-refractivity contribution in [3.63, 3.8) is 0 Å². The molecule has 0 saturated heterocycles. The van der Waals surface area contributed by atoms with Gasteiger partial charge in [0.2, 0.25) is 11.8 Å². The molecule has 5 nitrogen and oxygen atoms in total. The fourth-order valence-corrected chi connectivity index (χ4v) is 1.45. The molecule has 21 heavy (non-hydrogen) atoms. The van der Waals surface area contributed by atoms with E-state index in [0.717, 1.165) is 12.1 Å². The smallest absolute Gasteiger partial charge is 0.406 e. The third-order valence-electron chi connectivity index (χ3n) is 2.59. The molecule has 1 rings (SSSR count). The molecule has 0 heterocycles. The largest absolute Gasteiger partial charge is 0.573 e. The second-order valence-corrected chi connectivity index (χ2v) is 4.91. The van der Waals surface area contributed by atoms with Crippen molar-refractivity contribution in [2.75, 3.05) is 0 Å². The summed E-state index contributed by atoms with van der Waals surface area (Å²) in [7, 11) is 0. The lowest BCUT2D eigenvalue weighted by Gasteiger charge is -2.22. The molecule has 116 valence electrons. The third-order valence-corrected chi connectivity index (χ3v) is 2.59. The minimum atomic E-state index is -4.76. The first-order valence-electron chi connectivity index (χ1n) is 5.95. The molecule has 0 radical (unpaired) electrons. The standard InChI is InChI=1S/C13H15F3N2O3/c1-12(2,11(17)20)18-10(19)7-8-3-5-9(6-4-8)21-13(14,15)16/h3-6H,7H2,1-2H3,(H2,17,20)(H,18,19). The van der Waals surface area contributed by atoms with Gasteiger partial charge in [-0.05, 0) is 31.5 Å². The molecule has 0 aromatic heterocycles.